The molecule has 2 N–H and O–H groups in total. The molecule has 0 radical (unpaired) electrons. The molecule has 2 aromatic carbocycles. The van der Waals surface area contributed by atoms with Crippen LogP contribution >= 0.6 is 0 Å². The van der Waals surface area contributed by atoms with E-state index in [0.717, 1.165) is 48.0 Å². The van der Waals surface area contributed by atoms with Crippen molar-refractivity contribution in [2.75, 3.05) is 20.6 Å². The van der Waals surface area contributed by atoms with Crippen LogP contribution in [-0.2, 0) is 19.4 Å². The van der Waals surface area contributed by atoms with Gasteiger partial charge in [0.15, 0.2) is 0 Å². The van der Waals surface area contributed by atoms with Crippen LogP contribution in [0.1, 0.15) is 27.9 Å². The van der Waals surface area contributed by atoms with Crippen LogP contribution in [-0.4, -0.2) is 47.0 Å². The van der Waals surface area contributed by atoms with Crippen molar-refractivity contribution in [2.45, 2.75) is 31.8 Å². The molecule has 0 spiro atoms. The summed E-state index contributed by atoms with van der Waals surface area (Å²) >= 11 is 0. The van der Waals surface area contributed by atoms with Gasteiger partial charge in [-0.2, -0.15) is 0 Å². The molecule has 3 aromatic rings. The molecule has 0 unspecified atom stereocenters. The van der Waals surface area contributed by atoms with Crippen molar-refractivity contribution in [3.05, 3.63) is 69.6 Å². The lowest BCUT2D eigenvalue weighted by molar-refractivity contribution is 0.0962. The number of hydrogen-bond donors (Lipinski definition) is 2. The van der Waals surface area contributed by atoms with Gasteiger partial charge in [0, 0.05) is 25.2 Å². The summed E-state index contributed by atoms with van der Waals surface area (Å²) in [4.78, 5) is 29.6. The van der Waals surface area contributed by atoms with Crippen LogP contribution in [0.15, 0.2) is 47.3 Å². The molecule has 0 aliphatic carbocycles. The number of aromatic nitrogens is 2. The van der Waals surface area contributed by atoms with Crippen molar-refractivity contribution in [1.82, 2.24) is 19.8 Å². The Morgan fingerprint density at radius 2 is 2.07 bits per heavy atom. The van der Waals surface area contributed by atoms with E-state index in [1.54, 1.807) is 7.05 Å². The Kier molecular flexibility index (Phi) is 5.05. The first-order valence-corrected chi connectivity index (χ1v) is 9.79. The van der Waals surface area contributed by atoms with E-state index in [-0.39, 0.29) is 11.6 Å². The number of nitrogens with zero attached hydrogens (tertiary/aromatic N) is 2. The van der Waals surface area contributed by atoms with Crippen LogP contribution in [0, 0.1) is 0 Å². The molecule has 1 amide bonds. The van der Waals surface area contributed by atoms with E-state index in [4.69, 9.17) is 0 Å². The number of nitrogens with one attached hydrogen (secondary N) is 2. The highest BCUT2D eigenvalue weighted by molar-refractivity contribution is 5.95. The quantitative estimate of drug-likeness (QED) is 0.691. The van der Waals surface area contributed by atoms with Gasteiger partial charge in [0.2, 0.25) is 0 Å². The molecule has 6 heteroatoms. The Bertz CT molecular complexity index is 1070. The van der Waals surface area contributed by atoms with Gasteiger partial charge in [0.25, 0.3) is 5.91 Å². The fourth-order valence-electron chi connectivity index (χ4n) is 4.25. The molecular weight excluding hydrogens is 352 g/mol. The van der Waals surface area contributed by atoms with Gasteiger partial charge in [0.05, 0.1) is 11.0 Å². The second kappa shape index (κ2) is 7.64. The highest BCUT2D eigenvalue weighted by Crippen LogP contribution is 2.24. The maximum absolute atomic E-state index is 12.3. The fraction of sp³-hybridized carbons (Fsp3) is 0.364. The highest BCUT2D eigenvalue weighted by Gasteiger charge is 2.25. The van der Waals surface area contributed by atoms with Crippen molar-refractivity contribution in [1.29, 1.82) is 0 Å². The summed E-state index contributed by atoms with van der Waals surface area (Å²) in [7, 11) is 3.78. The number of H-pyrrole nitrogens is 1. The molecule has 0 bridgehead atoms. The molecule has 6 nitrogen and oxygen atoms in total. The number of amides is 1. The summed E-state index contributed by atoms with van der Waals surface area (Å²) in [6, 6.07) is 14.2. The largest absolute Gasteiger partial charge is 0.355 e. The summed E-state index contributed by atoms with van der Waals surface area (Å²) < 4.78 is 1.87. The van der Waals surface area contributed by atoms with E-state index in [1.807, 2.05) is 41.0 Å². The number of likely N-dealkylation sites (N-methyl/N-ethyl adjacent to an activating group) is 1. The molecule has 1 aromatic heterocycles. The monoisotopic (exact) mass is 378 g/mol. The summed E-state index contributed by atoms with van der Waals surface area (Å²) in [5, 5.41) is 2.71. The number of aryl methyl sites for hydroxylation is 1. The van der Waals surface area contributed by atoms with Gasteiger partial charge >= 0.3 is 5.69 Å². The number of carbonyl (C=O) groups excluding carboxylic acids is 1. The first-order valence-electron chi connectivity index (χ1n) is 9.79. The number of para-hydroxylation sites is 1. The van der Waals surface area contributed by atoms with Gasteiger partial charge in [-0.25, -0.2) is 4.79 Å². The molecule has 0 saturated heterocycles. The lowest BCUT2D eigenvalue weighted by Crippen LogP contribution is -2.42. The zero-order valence-corrected chi connectivity index (χ0v) is 16.4. The normalized spacial score (nSPS) is 15.9. The third kappa shape index (κ3) is 3.36. The molecule has 4 rings (SSSR count). The van der Waals surface area contributed by atoms with E-state index in [1.165, 1.54) is 5.56 Å². The highest BCUT2D eigenvalue weighted by atomic mass is 16.2. The van der Waals surface area contributed by atoms with Gasteiger partial charge in [-0.05, 0) is 56.1 Å². The lowest BCUT2D eigenvalue weighted by atomic mass is 9.98. The van der Waals surface area contributed by atoms with Gasteiger partial charge in [0.1, 0.15) is 0 Å². The molecular formula is C22H26N4O2. The van der Waals surface area contributed by atoms with Gasteiger partial charge in [-0.1, -0.05) is 30.3 Å². The maximum Gasteiger partial charge on any atom is 0.326 e. The fourth-order valence-corrected chi connectivity index (χ4v) is 4.25. The van der Waals surface area contributed by atoms with Crippen molar-refractivity contribution in [2.24, 2.45) is 0 Å². The van der Waals surface area contributed by atoms with E-state index in [2.05, 4.69) is 28.3 Å². The third-order valence-corrected chi connectivity index (χ3v) is 5.79. The molecule has 0 fully saturated rings. The number of aromatic amines is 1. The van der Waals surface area contributed by atoms with E-state index >= 15 is 0 Å². The maximum atomic E-state index is 12.3. The zero-order chi connectivity index (χ0) is 19.7. The Balaban J connectivity index is 1.42. The number of benzene rings is 2. The van der Waals surface area contributed by atoms with Gasteiger partial charge in [-0.15, -0.1) is 0 Å². The summed E-state index contributed by atoms with van der Waals surface area (Å²) in [5.74, 6) is -0.0382. The van der Waals surface area contributed by atoms with Crippen molar-refractivity contribution in [3.63, 3.8) is 0 Å². The molecule has 146 valence electrons. The standard InChI is InChI=1S/C22H26N4O2/c1-23-21(27)18-10-4-3-7-15(18)9-6-12-25(2)17-13-16-8-5-11-19-20(16)26(14-17)22(28)24-19/h3-5,7-8,10-11,17H,6,9,12-14H2,1-2H3,(H,23,27)(H,24,28)/t17-/m1/s1. The Labute approximate surface area is 164 Å². The van der Waals surface area contributed by atoms with Crippen molar-refractivity contribution in [3.8, 4) is 0 Å². The van der Waals surface area contributed by atoms with E-state index < -0.39 is 0 Å². The summed E-state index contributed by atoms with van der Waals surface area (Å²) in [5.41, 5.74) is 5.00. The average Bonchev–Trinajstić information content (AvgIpc) is 3.04. The van der Waals surface area contributed by atoms with E-state index in [9.17, 15) is 9.59 Å². The molecule has 1 atom stereocenters. The Morgan fingerprint density at radius 3 is 2.89 bits per heavy atom. The predicted octanol–water partition coefficient (Wildman–Crippen LogP) is 2.18. The van der Waals surface area contributed by atoms with Crippen LogP contribution in [0.25, 0.3) is 11.0 Å². The van der Waals surface area contributed by atoms with Crippen LogP contribution in [0.4, 0.5) is 0 Å². The number of rotatable bonds is 6. The molecule has 2 heterocycles. The lowest BCUT2D eigenvalue weighted by Gasteiger charge is -2.32. The van der Waals surface area contributed by atoms with Gasteiger partial charge < -0.3 is 15.2 Å². The predicted molar refractivity (Wildman–Crippen MR) is 111 cm³/mol. The average molecular weight is 378 g/mol. The zero-order valence-electron chi connectivity index (χ0n) is 16.4. The van der Waals surface area contributed by atoms with Crippen LogP contribution in [0.3, 0.4) is 0 Å². The van der Waals surface area contributed by atoms with Crippen LogP contribution < -0.4 is 11.0 Å². The first-order chi connectivity index (χ1) is 13.6. The summed E-state index contributed by atoms with van der Waals surface area (Å²) in [6.45, 7) is 1.62. The minimum atomic E-state index is -0.0382. The number of hydrogen-bond acceptors (Lipinski definition) is 3. The Morgan fingerprint density at radius 1 is 1.25 bits per heavy atom. The minimum absolute atomic E-state index is 0.0277. The summed E-state index contributed by atoms with van der Waals surface area (Å²) in [6.07, 6.45) is 2.76. The second-order valence-electron chi connectivity index (χ2n) is 7.53. The Hall–Kier alpha value is -2.86. The third-order valence-electron chi connectivity index (χ3n) is 5.79. The number of carbonyl (C=O) groups is 1. The SMILES string of the molecule is CNC(=O)c1ccccc1CCCN(C)[C@@H]1Cc2cccc3[nH]c(=O)n(c23)C1. The van der Waals surface area contributed by atoms with Crippen molar-refractivity contribution >= 4 is 16.9 Å². The first kappa shape index (κ1) is 18.5. The van der Waals surface area contributed by atoms with E-state index in [0.29, 0.717) is 12.6 Å². The molecule has 28 heavy (non-hydrogen) atoms. The van der Waals surface area contributed by atoms with Gasteiger partial charge in [-0.3, -0.25) is 9.36 Å². The van der Waals surface area contributed by atoms with Crippen LogP contribution in [0.5, 0.6) is 0 Å². The van der Waals surface area contributed by atoms with Crippen molar-refractivity contribution < 1.29 is 4.79 Å². The smallest absolute Gasteiger partial charge is 0.326 e. The minimum Gasteiger partial charge on any atom is -0.355 e. The topological polar surface area (TPSA) is 70.1 Å². The van der Waals surface area contributed by atoms with Crippen LogP contribution in [0.2, 0.25) is 0 Å². The molecule has 0 saturated carbocycles. The molecule has 1 aliphatic rings. The second-order valence-corrected chi connectivity index (χ2v) is 7.53. The molecule has 1 aliphatic heterocycles. The number of imidazole rings is 1.